The molecular weight excluding hydrogens is 428 g/mol. The molecule has 2 rings (SSSR count). The number of nitrogen functional groups attached to an aromatic ring is 1. The Labute approximate surface area is 182 Å². The quantitative estimate of drug-likeness (QED) is 0.185. The van der Waals surface area contributed by atoms with E-state index in [1.807, 2.05) is 0 Å². The van der Waals surface area contributed by atoms with Crippen LogP contribution in [0.1, 0.15) is 46.3 Å². The number of aromatic nitrogens is 2. The van der Waals surface area contributed by atoms with Crippen LogP contribution < -0.4 is 11.4 Å². The highest BCUT2D eigenvalue weighted by atomic mass is 16.7. The zero-order valence-electron chi connectivity index (χ0n) is 17.8. The van der Waals surface area contributed by atoms with Crippen molar-refractivity contribution >= 4 is 23.7 Å². The Balaban J connectivity index is 2.64. The minimum absolute atomic E-state index is 0.00474. The van der Waals surface area contributed by atoms with Gasteiger partial charge in [0.05, 0.1) is 0 Å². The van der Waals surface area contributed by atoms with E-state index in [1.54, 1.807) is 6.92 Å². The summed E-state index contributed by atoms with van der Waals surface area (Å²) in [4.78, 5) is 54.8. The van der Waals surface area contributed by atoms with Gasteiger partial charge in [-0.25, -0.2) is 4.79 Å². The van der Waals surface area contributed by atoms with Crippen molar-refractivity contribution in [3.8, 4) is 0 Å². The maximum absolute atomic E-state index is 12.4. The first-order valence-corrected chi connectivity index (χ1v) is 9.84. The number of hydrogen-bond acceptors (Lipinski definition) is 11. The number of nitrogens with zero attached hydrogens (tertiary/aromatic N) is 5. The number of esters is 3. The SMILES string of the molecule is CCC(=O)OC[C@]1(N=[N+]=[N-])OC(n2ccc(N)nc2=O)[C@H](OC(=O)CC)C1OC(=O)CC. The maximum atomic E-state index is 12.4. The highest BCUT2D eigenvalue weighted by Gasteiger charge is 2.61. The molecule has 1 fully saturated rings. The molecule has 1 aliphatic rings. The summed E-state index contributed by atoms with van der Waals surface area (Å²) in [5, 5.41) is 3.59. The van der Waals surface area contributed by atoms with Gasteiger partial charge in [-0.2, -0.15) is 4.98 Å². The lowest BCUT2D eigenvalue weighted by Crippen LogP contribution is -2.49. The van der Waals surface area contributed by atoms with Gasteiger partial charge in [-0.05, 0) is 11.6 Å². The third-order valence-electron chi connectivity index (χ3n) is 4.52. The standard InChI is InChI=1S/C18H24N6O8/c1-4-11(25)29-9-18(22-23-20)15(31-13(27)6-3)14(30-12(26)5-2)16(32-18)24-8-7-10(19)21-17(24)28/h7-8,14-16H,4-6,9H2,1-3H3,(H2,19,21,28)/t14-,15?,16?,18+/m1/s1. The molecule has 174 valence electrons. The molecule has 0 aromatic carbocycles. The second kappa shape index (κ2) is 10.6. The smallest absolute Gasteiger partial charge is 0.351 e. The van der Waals surface area contributed by atoms with E-state index < -0.39 is 54.4 Å². The minimum atomic E-state index is -2.13. The molecule has 2 unspecified atom stereocenters. The van der Waals surface area contributed by atoms with E-state index in [4.69, 9.17) is 24.7 Å². The van der Waals surface area contributed by atoms with Crippen LogP contribution >= 0.6 is 0 Å². The Kier molecular flexibility index (Phi) is 8.15. The second-order valence-corrected chi connectivity index (χ2v) is 6.67. The molecule has 4 atom stereocenters. The normalized spacial score (nSPS) is 24.3. The van der Waals surface area contributed by atoms with Crippen LogP contribution in [0, 0.1) is 0 Å². The number of carbonyl (C=O) groups is 3. The summed E-state index contributed by atoms with van der Waals surface area (Å²) in [6, 6.07) is 1.29. The summed E-state index contributed by atoms with van der Waals surface area (Å²) < 4.78 is 22.7. The Morgan fingerprint density at radius 2 is 1.84 bits per heavy atom. The van der Waals surface area contributed by atoms with Gasteiger partial charge < -0.3 is 24.7 Å². The van der Waals surface area contributed by atoms with Crippen molar-refractivity contribution in [3.63, 3.8) is 0 Å². The van der Waals surface area contributed by atoms with Gasteiger partial charge in [0.2, 0.25) is 5.72 Å². The lowest BCUT2D eigenvalue weighted by atomic mass is 10.0. The van der Waals surface area contributed by atoms with E-state index >= 15 is 0 Å². The van der Waals surface area contributed by atoms with Crippen molar-refractivity contribution in [1.82, 2.24) is 9.55 Å². The van der Waals surface area contributed by atoms with Crippen LogP contribution in [0.15, 0.2) is 22.2 Å². The molecule has 2 N–H and O–H groups in total. The lowest BCUT2D eigenvalue weighted by Gasteiger charge is -2.29. The molecule has 0 radical (unpaired) electrons. The van der Waals surface area contributed by atoms with Gasteiger partial charge in [-0.15, -0.1) is 0 Å². The Hall–Kier alpha value is -3.64. The molecule has 1 aromatic heterocycles. The predicted octanol–water partition coefficient (Wildman–Crippen LogP) is 0.958. The number of ether oxygens (including phenoxy) is 4. The summed E-state index contributed by atoms with van der Waals surface area (Å²) in [6.07, 6.45) is -3.30. The van der Waals surface area contributed by atoms with Crippen LogP contribution in [0.2, 0.25) is 0 Å². The van der Waals surface area contributed by atoms with E-state index in [0.29, 0.717) is 0 Å². The molecule has 0 aliphatic carbocycles. The third-order valence-corrected chi connectivity index (χ3v) is 4.52. The van der Waals surface area contributed by atoms with Gasteiger partial charge >= 0.3 is 23.6 Å². The summed E-state index contributed by atoms with van der Waals surface area (Å²) in [5.74, 6) is -2.17. The first kappa shape index (κ1) is 24.6. The molecule has 2 heterocycles. The average Bonchev–Trinajstić information content (AvgIpc) is 3.05. The van der Waals surface area contributed by atoms with E-state index in [0.717, 1.165) is 4.57 Å². The van der Waals surface area contributed by atoms with Crippen LogP contribution in [0.25, 0.3) is 10.4 Å². The molecule has 32 heavy (non-hydrogen) atoms. The molecule has 1 aliphatic heterocycles. The van der Waals surface area contributed by atoms with Crippen LogP contribution in [-0.2, 0) is 33.3 Å². The Morgan fingerprint density at radius 1 is 1.22 bits per heavy atom. The van der Waals surface area contributed by atoms with Crippen LogP contribution in [0.4, 0.5) is 5.82 Å². The predicted molar refractivity (Wildman–Crippen MR) is 107 cm³/mol. The van der Waals surface area contributed by atoms with E-state index in [2.05, 4.69) is 15.0 Å². The van der Waals surface area contributed by atoms with Gasteiger partial charge in [-0.1, -0.05) is 25.9 Å². The maximum Gasteiger partial charge on any atom is 0.351 e. The van der Waals surface area contributed by atoms with Crippen LogP contribution in [-0.4, -0.2) is 52.0 Å². The fourth-order valence-electron chi connectivity index (χ4n) is 2.91. The van der Waals surface area contributed by atoms with Crippen molar-refractivity contribution in [2.45, 2.75) is 64.2 Å². The molecular formula is C18H24N6O8. The number of azide groups is 1. The lowest BCUT2D eigenvalue weighted by molar-refractivity contribution is -0.179. The highest BCUT2D eigenvalue weighted by Crippen LogP contribution is 2.42. The van der Waals surface area contributed by atoms with Crippen molar-refractivity contribution in [3.05, 3.63) is 33.2 Å². The highest BCUT2D eigenvalue weighted by molar-refractivity contribution is 5.71. The fraction of sp³-hybridized carbons (Fsp3) is 0.611. The minimum Gasteiger partial charge on any atom is -0.462 e. The van der Waals surface area contributed by atoms with E-state index in [1.165, 1.54) is 26.1 Å². The topological polar surface area (TPSA) is 198 Å². The van der Waals surface area contributed by atoms with Gasteiger partial charge in [-0.3, -0.25) is 19.0 Å². The summed E-state index contributed by atoms with van der Waals surface area (Å²) in [6.45, 7) is 3.92. The van der Waals surface area contributed by atoms with Crippen molar-refractivity contribution in [2.75, 3.05) is 12.3 Å². The molecule has 0 spiro atoms. The number of carbonyl (C=O) groups excluding carboxylic acids is 3. The van der Waals surface area contributed by atoms with Crippen LogP contribution in [0.5, 0.6) is 0 Å². The second-order valence-electron chi connectivity index (χ2n) is 6.67. The van der Waals surface area contributed by atoms with Crippen LogP contribution in [0.3, 0.4) is 0 Å². The zero-order valence-corrected chi connectivity index (χ0v) is 17.8. The Morgan fingerprint density at radius 3 is 2.41 bits per heavy atom. The molecule has 1 aromatic rings. The molecule has 0 saturated carbocycles. The number of nitrogens with two attached hydrogens (primary N) is 1. The van der Waals surface area contributed by atoms with E-state index in [-0.39, 0.29) is 25.1 Å². The van der Waals surface area contributed by atoms with Gasteiger partial charge in [0.15, 0.2) is 18.4 Å². The molecule has 1 saturated heterocycles. The van der Waals surface area contributed by atoms with Crippen molar-refractivity contribution in [1.29, 1.82) is 0 Å². The van der Waals surface area contributed by atoms with Gasteiger partial charge in [0.1, 0.15) is 12.4 Å². The summed E-state index contributed by atoms with van der Waals surface area (Å²) in [5.41, 5.74) is 11.7. The molecule has 14 heteroatoms. The molecule has 0 bridgehead atoms. The fourth-order valence-corrected chi connectivity index (χ4v) is 2.91. The summed E-state index contributed by atoms with van der Waals surface area (Å²) in [7, 11) is 0. The molecule has 0 amide bonds. The first-order chi connectivity index (χ1) is 15.2. The zero-order chi connectivity index (χ0) is 23.9. The van der Waals surface area contributed by atoms with Crippen molar-refractivity contribution < 1.29 is 33.3 Å². The summed E-state index contributed by atoms with van der Waals surface area (Å²) >= 11 is 0. The largest absolute Gasteiger partial charge is 0.462 e. The number of hydrogen-bond donors (Lipinski definition) is 1. The van der Waals surface area contributed by atoms with Crippen molar-refractivity contribution in [2.24, 2.45) is 5.11 Å². The third kappa shape index (κ3) is 5.34. The number of rotatable bonds is 9. The Bertz CT molecular complexity index is 974. The first-order valence-electron chi connectivity index (χ1n) is 9.84. The number of anilines is 1. The molecule has 14 nitrogen and oxygen atoms in total. The monoisotopic (exact) mass is 452 g/mol. The van der Waals surface area contributed by atoms with Gasteiger partial charge in [0.25, 0.3) is 0 Å². The van der Waals surface area contributed by atoms with Gasteiger partial charge in [0, 0.05) is 30.4 Å². The average molecular weight is 452 g/mol. The van der Waals surface area contributed by atoms with E-state index in [9.17, 15) is 24.7 Å².